The van der Waals surface area contributed by atoms with Crippen molar-refractivity contribution in [1.82, 2.24) is 0 Å². The Labute approximate surface area is 122 Å². The third kappa shape index (κ3) is 1.54. The highest BCUT2D eigenvalue weighted by molar-refractivity contribution is 5.86. The van der Waals surface area contributed by atoms with Crippen molar-refractivity contribution >= 4 is 5.97 Å². The van der Waals surface area contributed by atoms with Gasteiger partial charge in [-0.2, -0.15) is 0 Å². The van der Waals surface area contributed by atoms with Gasteiger partial charge in [-0.15, -0.1) is 0 Å². The summed E-state index contributed by atoms with van der Waals surface area (Å²) in [5, 5.41) is 0. The summed E-state index contributed by atoms with van der Waals surface area (Å²) in [5.74, 6) is 4.48. The van der Waals surface area contributed by atoms with Gasteiger partial charge < -0.3 is 4.74 Å². The number of hydrogen-bond acceptors (Lipinski definition) is 2. The lowest BCUT2D eigenvalue weighted by Gasteiger charge is -2.44. The van der Waals surface area contributed by atoms with Gasteiger partial charge in [0.05, 0.1) is 0 Å². The Balaban J connectivity index is 1.55. The van der Waals surface area contributed by atoms with Crippen molar-refractivity contribution in [3.8, 4) is 0 Å². The van der Waals surface area contributed by atoms with Gasteiger partial charge in [0.2, 0.25) is 0 Å². The highest BCUT2D eigenvalue weighted by Crippen LogP contribution is 2.71. The Bertz CT molecular complexity index is 478. The third-order valence-corrected chi connectivity index (χ3v) is 6.99. The highest BCUT2D eigenvalue weighted by Gasteiger charge is 2.67. The second kappa shape index (κ2) is 3.90. The minimum absolute atomic E-state index is 0.0394. The Hall–Kier alpha value is -0.790. The number of esters is 1. The molecule has 4 saturated carbocycles. The summed E-state index contributed by atoms with van der Waals surface area (Å²) in [5.41, 5.74) is 0.528. The van der Waals surface area contributed by atoms with Gasteiger partial charge >= 0.3 is 5.97 Å². The first-order valence-electron chi connectivity index (χ1n) is 8.14. The second-order valence-electron chi connectivity index (χ2n) is 8.41. The van der Waals surface area contributed by atoms with Gasteiger partial charge in [-0.1, -0.05) is 13.8 Å². The Morgan fingerprint density at radius 2 is 1.90 bits per heavy atom. The molecule has 0 aromatic rings. The number of hydrogen-bond donors (Lipinski definition) is 0. The third-order valence-electron chi connectivity index (χ3n) is 6.99. The van der Waals surface area contributed by atoms with Crippen LogP contribution in [0.1, 0.15) is 46.5 Å². The van der Waals surface area contributed by atoms with Gasteiger partial charge in [-0.05, 0) is 73.5 Å². The van der Waals surface area contributed by atoms with Crippen LogP contribution >= 0.6 is 0 Å². The minimum atomic E-state index is -0.401. The van der Waals surface area contributed by atoms with Crippen LogP contribution in [0.15, 0.2) is 5.57 Å². The summed E-state index contributed by atoms with van der Waals surface area (Å²) in [4.78, 5) is 11.7. The Kier molecular flexibility index (Phi) is 2.52. The SMILES string of the molecule is [C]=C(C)C(=O)OC1CC2CC1C1C2C2CC1C(C)(C)C2. The standard InChI is InChI=1S/C18H24O2/c1-9(2)17(19)20-14-7-10-5-12(14)16-13-6-11(15(10)16)8-18(13,3)4/h10-16H,5-8H2,1,3-4H3. The number of ether oxygens (including phenoxy) is 1. The fourth-order valence-corrected chi connectivity index (χ4v) is 6.54. The van der Waals surface area contributed by atoms with Crippen molar-refractivity contribution in [3.05, 3.63) is 12.2 Å². The molecule has 0 amide bonds. The van der Waals surface area contributed by atoms with Crippen molar-refractivity contribution < 1.29 is 9.53 Å². The fraction of sp³-hybridized carbons (Fsp3) is 0.833. The maximum atomic E-state index is 11.7. The molecule has 2 radical (unpaired) electrons. The molecule has 4 aliphatic carbocycles. The molecule has 2 nitrogen and oxygen atoms in total. The van der Waals surface area contributed by atoms with Gasteiger partial charge in [-0.25, -0.2) is 4.79 Å². The van der Waals surface area contributed by atoms with Crippen molar-refractivity contribution in [2.75, 3.05) is 0 Å². The average molecular weight is 272 g/mol. The summed E-state index contributed by atoms with van der Waals surface area (Å²) in [6, 6.07) is 0. The topological polar surface area (TPSA) is 26.3 Å². The van der Waals surface area contributed by atoms with E-state index >= 15 is 0 Å². The number of rotatable bonds is 2. The summed E-state index contributed by atoms with van der Waals surface area (Å²) in [7, 11) is 0. The largest absolute Gasteiger partial charge is 0.459 e. The van der Waals surface area contributed by atoms with E-state index in [-0.39, 0.29) is 11.7 Å². The Morgan fingerprint density at radius 1 is 1.15 bits per heavy atom. The Morgan fingerprint density at radius 3 is 2.60 bits per heavy atom. The van der Waals surface area contributed by atoms with Crippen molar-refractivity contribution in [3.63, 3.8) is 0 Å². The van der Waals surface area contributed by atoms with Gasteiger partial charge in [-0.3, -0.25) is 0 Å². The molecule has 108 valence electrons. The monoisotopic (exact) mass is 272 g/mol. The molecular formula is C18H24O2. The first-order valence-corrected chi connectivity index (χ1v) is 8.14. The second-order valence-corrected chi connectivity index (χ2v) is 8.41. The zero-order valence-corrected chi connectivity index (χ0v) is 12.7. The summed E-state index contributed by atoms with van der Waals surface area (Å²) < 4.78 is 5.63. The average Bonchev–Trinajstić information content (AvgIpc) is 3.03. The molecule has 0 aliphatic heterocycles. The molecular weight excluding hydrogens is 248 g/mol. The molecule has 0 spiro atoms. The van der Waals surface area contributed by atoms with Crippen LogP contribution in [0.4, 0.5) is 0 Å². The highest BCUT2D eigenvalue weighted by atomic mass is 16.5. The zero-order chi connectivity index (χ0) is 14.2. The molecule has 4 aliphatic rings. The van der Waals surface area contributed by atoms with E-state index < -0.39 is 5.97 Å². The van der Waals surface area contributed by atoms with Gasteiger partial charge in [0.25, 0.3) is 0 Å². The maximum absolute atomic E-state index is 11.7. The van der Waals surface area contributed by atoms with Crippen LogP contribution < -0.4 is 0 Å². The van der Waals surface area contributed by atoms with Crippen LogP contribution in [0, 0.1) is 47.5 Å². The molecule has 7 unspecified atom stereocenters. The lowest BCUT2D eigenvalue weighted by molar-refractivity contribution is -0.149. The van der Waals surface area contributed by atoms with E-state index in [1.54, 1.807) is 0 Å². The summed E-state index contributed by atoms with van der Waals surface area (Å²) in [6.07, 6.45) is 5.26. The van der Waals surface area contributed by atoms with E-state index in [1.807, 2.05) is 0 Å². The number of carbonyl (C=O) groups is 1. The molecule has 4 rings (SSSR count). The van der Waals surface area contributed by atoms with Crippen LogP contribution in [0.3, 0.4) is 0 Å². The van der Waals surface area contributed by atoms with Gasteiger partial charge in [0, 0.05) is 12.2 Å². The molecule has 0 N–H and O–H groups in total. The van der Waals surface area contributed by atoms with Crippen LogP contribution in [0.2, 0.25) is 0 Å². The molecule has 20 heavy (non-hydrogen) atoms. The molecule has 4 bridgehead atoms. The van der Waals surface area contributed by atoms with Crippen LogP contribution in [-0.4, -0.2) is 12.1 Å². The first kappa shape index (κ1) is 12.9. The van der Waals surface area contributed by atoms with E-state index in [0.29, 0.717) is 11.3 Å². The number of carbonyl (C=O) groups excluding carboxylic acids is 1. The van der Waals surface area contributed by atoms with E-state index in [2.05, 4.69) is 13.8 Å². The molecule has 7 atom stereocenters. The molecule has 0 heterocycles. The smallest absolute Gasteiger partial charge is 0.334 e. The predicted octanol–water partition coefficient (Wildman–Crippen LogP) is 3.49. The minimum Gasteiger partial charge on any atom is -0.459 e. The van der Waals surface area contributed by atoms with Crippen LogP contribution in [0.25, 0.3) is 0 Å². The molecule has 0 saturated heterocycles. The normalized spacial score (nSPS) is 50.2. The number of fused-ring (bicyclic) bond motifs is 9. The van der Waals surface area contributed by atoms with E-state index in [9.17, 15) is 4.79 Å². The zero-order valence-electron chi connectivity index (χ0n) is 12.7. The van der Waals surface area contributed by atoms with Crippen molar-refractivity contribution in [2.45, 2.75) is 52.6 Å². The van der Waals surface area contributed by atoms with E-state index in [4.69, 9.17) is 11.3 Å². The van der Waals surface area contributed by atoms with Crippen LogP contribution in [0.5, 0.6) is 0 Å². The maximum Gasteiger partial charge on any atom is 0.334 e. The van der Waals surface area contributed by atoms with Gasteiger partial charge in [0.1, 0.15) is 6.10 Å². The molecule has 0 aromatic carbocycles. The quantitative estimate of drug-likeness (QED) is 0.437. The van der Waals surface area contributed by atoms with Crippen LogP contribution in [-0.2, 0) is 9.53 Å². The predicted molar refractivity (Wildman–Crippen MR) is 75.5 cm³/mol. The summed E-state index contributed by atoms with van der Waals surface area (Å²) in [6.45, 7) is 13.8. The van der Waals surface area contributed by atoms with Gasteiger partial charge in [0.15, 0.2) is 0 Å². The lowest BCUT2D eigenvalue weighted by atomic mass is 9.62. The first-order chi connectivity index (χ1) is 9.38. The molecule has 2 heteroatoms. The summed E-state index contributed by atoms with van der Waals surface area (Å²) >= 11 is 0. The van der Waals surface area contributed by atoms with Crippen molar-refractivity contribution in [1.29, 1.82) is 0 Å². The van der Waals surface area contributed by atoms with E-state index in [1.165, 1.54) is 26.2 Å². The lowest BCUT2D eigenvalue weighted by Crippen LogP contribution is -2.42. The van der Waals surface area contributed by atoms with E-state index in [0.717, 1.165) is 36.0 Å². The molecule has 0 aromatic heterocycles. The molecule has 4 fully saturated rings. The van der Waals surface area contributed by atoms with Crippen molar-refractivity contribution in [2.24, 2.45) is 40.9 Å². The fourth-order valence-electron chi connectivity index (χ4n) is 6.54.